The number of ether oxygens (including phenoxy) is 1. The van der Waals surface area contributed by atoms with Crippen LogP contribution >= 0.6 is 27.7 Å². The van der Waals surface area contributed by atoms with Gasteiger partial charge in [-0.1, -0.05) is 22.0 Å². The van der Waals surface area contributed by atoms with Crippen molar-refractivity contribution < 1.29 is 9.84 Å². The lowest BCUT2D eigenvalue weighted by molar-refractivity contribution is 0.106. The van der Waals surface area contributed by atoms with Gasteiger partial charge in [0.25, 0.3) is 0 Å². The van der Waals surface area contributed by atoms with Crippen LogP contribution in [0, 0.1) is 0 Å². The first-order valence-electron chi connectivity index (χ1n) is 6.63. The fourth-order valence-corrected chi connectivity index (χ4v) is 3.64. The molecule has 0 spiro atoms. The number of hydrogen-bond donors (Lipinski definition) is 2. The Morgan fingerprint density at radius 2 is 2.42 bits per heavy atom. The molecule has 1 aromatic carbocycles. The Balaban J connectivity index is 1.60. The maximum atomic E-state index is 9.85. The van der Waals surface area contributed by atoms with Crippen LogP contribution < -0.4 is 10.1 Å². The summed E-state index contributed by atoms with van der Waals surface area (Å²) in [6.45, 7) is 1.89. The molecule has 0 bridgehead atoms. The van der Waals surface area contributed by atoms with E-state index in [0.29, 0.717) is 13.2 Å². The highest BCUT2D eigenvalue weighted by atomic mass is 79.9. The molecular formula is C14H20BrNO2S. The number of aliphatic hydroxyl groups excluding tert-OH is 1. The first kappa shape index (κ1) is 15.2. The lowest BCUT2D eigenvalue weighted by Gasteiger charge is -2.15. The fourth-order valence-electron chi connectivity index (χ4n) is 2.02. The van der Waals surface area contributed by atoms with E-state index in [4.69, 9.17) is 4.74 Å². The van der Waals surface area contributed by atoms with Crippen LogP contribution in [0.1, 0.15) is 12.8 Å². The molecule has 0 radical (unpaired) electrons. The van der Waals surface area contributed by atoms with E-state index in [1.54, 1.807) is 0 Å². The van der Waals surface area contributed by atoms with Crippen LogP contribution in [0.2, 0.25) is 0 Å². The van der Waals surface area contributed by atoms with Crippen molar-refractivity contribution in [3.8, 4) is 5.75 Å². The van der Waals surface area contributed by atoms with Crippen LogP contribution in [0.4, 0.5) is 0 Å². The molecule has 1 aliphatic rings. The zero-order chi connectivity index (χ0) is 13.5. The van der Waals surface area contributed by atoms with E-state index in [-0.39, 0.29) is 0 Å². The maximum Gasteiger partial charge on any atom is 0.120 e. The predicted octanol–water partition coefficient (Wildman–Crippen LogP) is 2.67. The van der Waals surface area contributed by atoms with Gasteiger partial charge in [-0.05, 0) is 36.8 Å². The van der Waals surface area contributed by atoms with Crippen molar-refractivity contribution in [3.05, 3.63) is 28.7 Å². The third-order valence-corrected chi connectivity index (χ3v) is 4.91. The van der Waals surface area contributed by atoms with Gasteiger partial charge in [0.1, 0.15) is 18.5 Å². The third-order valence-electron chi connectivity index (χ3n) is 3.01. The third kappa shape index (κ3) is 5.73. The summed E-state index contributed by atoms with van der Waals surface area (Å²) in [5, 5.41) is 13.9. The summed E-state index contributed by atoms with van der Waals surface area (Å²) in [4.78, 5) is 0. The minimum Gasteiger partial charge on any atom is -0.491 e. The Bertz CT molecular complexity index is 385. The molecule has 1 aliphatic heterocycles. The Labute approximate surface area is 127 Å². The van der Waals surface area contributed by atoms with Crippen molar-refractivity contribution in [2.75, 3.05) is 25.4 Å². The van der Waals surface area contributed by atoms with Crippen LogP contribution in [0.15, 0.2) is 28.7 Å². The van der Waals surface area contributed by atoms with E-state index < -0.39 is 6.10 Å². The molecule has 0 amide bonds. The second-order valence-corrected chi connectivity index (χ2v) is 7.04. The normalized spacial score (nSPS) is 20.4. The van der Waals surface area contributed by atoms with Gasteiger partial charge in [0, 0.05) is 22.8 Å². The van der Waals surface area contributed by atoms with Crippen LogP contribution in [0.25, 0.3) is 0 Å². The molecule has 3 nitrogen and oxygen atoms in total. The standard InChI is InChI=1S/C14H20BrNO2S/c15-11-3-1-4-13(7-11)18-10-12(17)8-16-9-14-5-2-6-19-14/h1,3-4,7,12,14,16-17H,2,5-6,8-10H2. The van der Waals surface area contributed by atoms with Crippen molar-refractivity contribution in [1.29, 1.82) is 0 Å². The van der Waals surface area contributed by atoms with Crippen molar-refractivity contribution >= 4 is 27.7 Å². The lowest BCUT2D eigenvalue weighted by atomic mass is 10.2. The van der Waals surface area contributed by atoms with Gasteiger partial charge >= 0.3 is 0 Å². The van der Waals surface area contributed by atoms with Crippen LogP contribution in [0.5, 0.6) is 5.75 Å². The van der Waals surface area contributed by atoms with Gasteiger partial charge in [-0.15, -0.1) is 0 Å². The quantitative estimate of drug-likeness (QED) is 0.797. The molecule has 1 fully saturated rings. The second kappa shape index (κ2) is 8.15. The summed E-state index contributed by atoms with van der Waals surface area (Å²) >= 11 is 5.42. The number of benzene rings is 1. The van der Waals surface area contributed by atoms with Crippen LogP contribution in [-0.4, -0.2) is 41.9 Å². The summed E-state index contributed by atoms with van der Waals surface area (Å²) in [7, 11) is 0. The summed E-state index contributed by atoms with van der Waals surface area (Å²) in [5.74, 6) is 2.06. The smallest absolute Gasteiger partial charge is 0.120 e. The summed E-state index contributed by atoms with van der Waals surface area (Å²) in [6.07, 6.45) is 2.15. The highest BCUT2D eigenvalue weighted by Gasteiger charge is 2.15. The largest absolute Gasteiger partial charge is 0.491 e. The molecule has 2 N–H and O–H groups in total. The fraction of sp³-hybridized carbons (Fsp3) is 0.571. The van der Waals surface area contributed by atoms with Crippen LogP contribution in [0.3, 0.4) is 0 Å². The van der Waals surface area contributed by atoms with Crippen molar-refractivity contribution in [1.82, 2.24) is 5.32 Å². The molecule has 2 atom stereocenters. The molecule has 1 saturated heterocycles. The molecule has 0 saturated carbocycles. The molecule has 1 heterocycles. The molecule has 2 rings (SSSR count). The number of nitrogens with one attached hydrogen (secondary N) is 1. The molecule has 5 heteroatoms. The molecule has 106 valence electrons. The van der Waals surface area contributed by atoms with Gasteiger partial charge in [0.2, 0.25) is 0 Å². The van der Waals surface area contributed by atoms with Gasteiger partial charge in [0.15, 0.2) is 0 Å². The topological polar surface area (TPSA) is 41.5 Å². The number of aliphatic hydroxyl groups is 1. The Morgan fingerprint density at radius 1 is 1.53 bits per heavy atom. The Hall–Kier alpha value is -0.230. The van der Waals surface area contributed by atoms with Crippen molar-refractivity contribution in [2.24, 2.45) is 0 Å². The van der Waals surface area contributed by atoms with E-state index in [0.717, 1.165) is 22.0 Å². The number of rotatable bonds is 7. The number of halogens is 1. The van der Waals surface area contributed by atoms with E-state index in [2.05, 4.69) is 21.2 Å². The molecular weight excluding hydrogens is 326 g/mol. The van der Waals surface area contributed by atoms with Gasteiger partial charge in [-0.25, -0.2) is 0 Å². The summed E-state index contributed by atoms with van der Waals surface area (Å²) in [5.41, 5.74) is 0. The van der Waals surface area contributed by atoms with Gasteiger partial charge in [0.05, 0.1) is 0 Å². The number of hydrogen-bond acceptors (Lipinski definition) is 4. The Morgan fingerprint density at radius 3 is 3.16 bits per heavy atom. The predicted molar refractivity (Wildman–Crippen MR) is 84.0 cm³/mol. The lowest BCUT2D eigenvalue weighted by Crippen LogP contribution is -2.34. The molecule has 0 aliphatic carbocycles. The van der Waals surface area contributed by atoms with Crippen molar-refractivity contribution in [2.45, 2.75) is 24.2 Å². The zero-order valence-electron chi connectivity index (χ0n) is 10.8. The highest BCUT2D eigenvalue weighted by molar-refractivity contribution is 9.10. The van der Waals surface area contributed by atoms with E-state index in [1.165, 1.54) is 18.6 Å². The van der Waals surface area contributed by atoms with Crippen LogP contribution in [-0.2, 0) is 0 Å². The Kier molecular flexibility index (Phi) is 6.50. The van der Waals surface area contributed by atoms with Crippen molar-refractivity contribution in [3.63, 3.8) is 0 Å². The monoisotopic (exact) mass is 345 g/mol. The second-order valence-electron chi connectivity index (χ2n) is 4.72. The molecule has 2 unspecified atom stereocenters. The summed E-state index contributed by atoms with van der Waals surface area (Å²) in [6, 6.07) is 7.65. The maximum absolute atomic E-state index is 9.85. The van der Waals surface area contributed by atoms with Gasteiger partial charge in [-0.3, -0.25) is 0 Å². The SMILES string of the molecule is OC(CNCC1CCCS1)COc1cccc(Br)c1. The van der Waals surface area contributed by atoms with E-state index in [9.17, 15) is 5.11 Å². The first-order valence-corrected chi connectivity index (χ1v) is 8.47. The molecule has 19 heavy (non-hydrogen) atoms. The van der Waals surface area contributed by atoms with Gasteiger partial charge < -0.3 is 15.2 Å². The average Bonchev–Trinajstić information content (AvgIpc) is 2.90. The minimum atomic E-state index is -0.467. The van der Waals surface area contributed by atoms with E-state index in [1.807, 2.05) is 36.0 Å². The average molecular weight is 346 g/mol. The highest BCUT2D eigenvalue weighted by Crippen LogP contribution is 2.25. The van der Waals surface area contributed by atoms with E-state index >= 15 is 0 Å². The molecule has 0 aromatic heterocycles. The molecule has 1 aromatic rings. The zero-order valence-corrected chi connectivity index (χ0v) is 13.3. The first-order chi connectivity index (χ1) is 9.24. The van der Waals surface area contributed by atoms with Gasteiger partial charge in [-0.2, -0.15) is 11.8 Å². The minimum absolute atomic E-state index is 0.321. The summed E-state index contributed by atoms with van der Waals surface area (Å²) < 4.78 is 6.53. The number of thioether (sulfide) groups is 1.